The van der Waals surface area contributed by atoms with Gasteiger partial charge in [0.2, 0.25) is 0 Å². The Morgan fingerprint density at radius 3 is 2.71 bits per heavy atom. The van der Waals surface area contributed by atoms with Gasteiger partial charge >= 0.3 is 0 Å². The van der Waals surface area contributed by atoms with Crippen molar-refractivity contribution in [2.24, 2.45) is 17.6 Å². The molecule has 0 spiro atoms. The molecule has 116 valence electrons. The van der Waals surface area contributed by atoms with Gasteiger partial charge in [-0.05, 0) is 43.6 Å². The summed E-state index contributed by atoms with van der Waals surface area (Å²) in [6.07, 6.45) is 3.55. The van der Waals surface area contributed by atoms with E-state index < -0.39 is 5.60 Å². The van der Waals surface area contributed by atoms with Gasteiger partial charge < -0.3 is 15.6 Å². The summed E-state index contributed by atoms with van der Waals surface area (Å²) in [7, 11) is 0. The molecule has 21 heavy (non-hydrogen) atoms. The van der Waals surface area contributed by atoms with Gasteiger partial charge in [0.25, 0.3) is 0 Å². The number of rotatable bonds is 2. The first-order valence-electron chi connectivity index (χ1n) is 8.17. The minimum absolute atomic E-state index is 0.365. The first-order valence-corrected chi connectivity index (χ1v) is 8.17. The topological polar surface area (TPSA) is 55.5 Å². The van der Waals surface area contributed by atoms with Crippen LogP contribution in [0, 0.1) is 11.8 Å². The van der Waals surface area contributed by atoms with E-state index in [1.807, 2.05) is 18.2 Å². The number of benzene rings is 1. The molecule has 4 unspecified atom stereocenters. The van der Waals surface area contributed by atoms with E-state index in [1.165, 1.54) is 0 Å². The summed E-state index contributed by atoms with van der Waals surface area (Å²) >= 11 is 0. The quantitative estimate of drug-likeness (QED) is 0.880. The third-order valence-corrected chi connectivity index (χ3v) is 6.07. The van der Waals surface area contributed by atoms with Gasteiger partial charge in [-0.15, -0.1) is 0 Å². The van der Waals surface area contributed by atoms with Crippen molar-refractivity contribution < 1.29 is 9.84 Å². The molecular formula is C18H27NO2. The lowest BCUT2D eigenvalue weighted by molar-refractivity contribution is -0.100. The fraction of sp³-hybridized carbons (Fsp3) is 0.667. The van der Waals surface area contributed by atoms with Crippen LogP contribution in [0.2, 0.25) is 0 Å². The van der Waals surface area contributed by atoms with Crippen LogP contribution in [0.25, 0.3) is 0 Å². The highest BCUT2D eigenvalue weighted by molar-refractivity contribution is 5.44. The van der Waals surface area contributed by atoms with Crippen LogP contribution < -0.4 is 10.5 Å². The first-order chi connectivity index (χ1) is 10.0. The SMILES string of the molecule is CC1CCC(O)(C2(CN)CCOc3ccccc32)CC1C. The molecule has 3 nitrogen and oxygen atoms in total. The largest absolute Gasteiger partial charge is 0.493 e. The zero-order valence-electron chi connectivity index (χ0n) is 13.1. The van der Waals surface area contributed by atoms with Crippen LogP contribution in [-0.4, -0.2) is 23.9 Å². The Balaban J connectivity index is 2.05. The third kappa shape index (κ3) is 2.18. The zero-order valence-corrected chi connectivity index (χ0v) is 13.1. The summed E-state index contributed by atoms with van der Waals surface area (Å²) in [4.78, 5) is 0. The number of ether oxygens (including phenoxy) is 1. The molecule has 0 amide bonds. The van der Waals surface area contributed by atoms with Gasteiger partial charge in [0.15, 0.2) is 0 Å². The smallest absolute Gasteiger partial charge is 0.123 e. The van der Waals surface area contributed by atoms with Crippen molar-refractivity contribution in [3.63, 3.8) is 0 Å². The molecule has 2 aliphatic rings. The highest BCUT2D eigenvalue weighted by Crippen LogP contribution is 2.52. The number of nitrogens with two attached hydrogens (primary N) is 1. The van der Waals surface area contributed by atoms with Gasteiger partial charge in [0.05, 0.1) is 12.2 Å². The molecule has 0 saturated heterocycles. The van der Waals surface area contributed by atoms with Gasteiger partial charge in [0, 0.05) is 17.5 Å². The second kappa shape index (κ2) is 5.29. The molecule has 0 bridgehead atoms. The number of hydrogen-bond acceptors (Lipinski definition) is 3. The molecule has 0 aromatic heterocycles. The van der Waals surface area contributed by atoms with E-state index in [2.05, 4.69) is 19.9 Å². The number of fused-ring (bicyclic) bond motifs is 1. The Morgan fingerprint density at radius 2 is 2.00 bits per heavy atom. The minimum Gasteiger partial charge on any atom is -0.493 e. The van der Waals surface area contributed by atoms with Crippen LogP contribution in [0.4, 0.5) is 0 Å². The van der Waals surface area contributed by atoms with Crippen LogP contribution in [-0.2, 0) is 5.41 Å². The maximum absolute atomic E-state index is 11.5. The maximum atomic E-state index is 11.5. The molecule has 1 aliphatic carbocycles. The van der Waals surface area contributed by atoms with Gasteiger partial charge in [0.1, 0.15) is 5.75 Å². The maximum Gasteiger partial charge on any atom is 0.123 e. The van der Waals surface area contributed by atoms with E-state index in [4.69, 9.17) is 10.5 Å². The predicted molar refractivity (Wildman–Crippen MR) is 84.4 cm³/mol. The van der Waals surface area contributed by atoms with Gasteiger partial charge in [-0.1, -0.05) is 32.0 Å². The number of hydrogen-bond donors (Lipinski definition) is 2. The first kappa shape index (κ1) is 14.9. The molecular weight excluding hydrogens is 262 g/mol. The normalized spacial score (nSPS) is 39.4. The van der Waals surface area contributed by atoms with E-state index in [-0.39, 0.29) is 5.41 Å². The third-order valence-electron chi connectivity index (χ3n) is 6.07. The second-order valence-electron chi connectivity index (χ2n) is 7.11. The summed E-state index contributed by atoms with van der Waals surface area (Å²) in [5.41, 5.74) is 6.25. The summed E-state index contributed by atoms with van der Waals surface area (Å²) in [5, 5.41) is 11.5. The number of aliphatic hydroxyl groups is 1. The van der Waals surface area contributed by atoms with Crippen molar-refractivity contribution in [3.8, 4) is 5.75 Å². The molecule has 1 heterocycles. The van der Waals surface area contributed by atoms with Crippen molar-refractivity contribution in [2.45, 2.75) is 50.5 Å². The van der Waals surface area contributed by atoms with Crippen molar-refractivity contribution in [1.29, 1.82) is 0 Å². The van der Waals surface area contributed by atoms with Gasteiger partial charge in [-0.2, -0.15) is 0 Å². The Hall–Kier alpha value is -1.06. The Kier molecular flexibility index (Phi) is 3.74. The van der Waals surface area contributed by atoms with E-state index in [0.29, 0.717) is 25.0 Å². The molecule has 1 fully saturated rings. The molecule has 0 radical (unpaired) electrons. The van der Waals surface area contributed by atoms with Gasteiger partial charge in [-0.3, -0.25) is 0 Å². The monoisotopic (exact) mass is 289 g/mol. The Bertz CT molecular complexity index is 518. The van der Waals surface area contributed by atoms with Crippen molar-refractivity contribution in [2.75, 3.05) is 13.2 Å². The highest BCUT2D eigenvalue weighted by atomic mass is 16.5. The van der Waals surface area contributed by atoms with Crippen LogP contribution in [0.5, 0.6) is 5.75 Å². The lowest BCUT2D eigenvalue weighted by atomic mass is 9.56. The molecule has 1 aromatic rings. The van der Waals surface area contributed by atoms with Crippen molar-refractivity contribution in [3.05, 3.63) is 29.8 Å². The van der Waals surface area contributed by atoms with E-state index in [9.17, 15) is 5.11 Å². The molecule has 1 aromatic carbocycles. The lowest BCUT2D eigenvalue weighted by Crippen LogP contribution is -2.60. The fourth-order valence-corrected chi connectivity index (χ4v) is 4.36. The molecule has 1 saturated carbocycles. The Labute approximate surface area is 127 Å². The Morgan fingerprint density at radius 1 is 1.24 bits per heavy atom. The van der Waals surface area contributed by atoms with Crippen molar-refractivity contribution in [1.82, 2.24) is 0 Å². The van der Waals surface area contributed by atoms with Gasteiger partial charge in [-0.25, -0.2) is 0 Å². The van der Waals surface area contributed by atoms with Crippen LogP contribution >= 0.6 is 0 Å². The minimum atomic E-state index is -0.715. The van der Waals surface area contributed by atoms with Crippen LogP contribution in [0.15, 0.2) is 24.3 Å². The van der Waals surface area contributed by atoms with Crippen LogP contribution in [0.1, 0.15) is 45.1 Å². The summed E-state index contributed by atoms with van der Waals surface area (Å²) in [6, 6.07) is 8.09. The molecule has 3 N–H and O–H groups in total. The summed E-state index contributed by atoms with van der Waals surface area (Å²) in [5.74, 6) is 2.10. The van der Waals surface area contributed by atoms with Crippen LogP contribution in [0.3, 0.4) is 0 Å². The molecule has 1 aliphatic heterocycles. The molecule has 4 atom stereocenters. The molecule has 3 heteroatoms. The summed E-state index contributed by atoms with van der Waals surface area (Å²) in [6.45, 7) is 5.66. The highest BCUT2D eigenvalue weighted by Gasteiger charge is 2.54. The van der Waals surface area contributed by atoms with Crippen molar-refractivity contribution >= 4 is 0 Å². The average molecular weight is 289 g/mol. The predicted octanol–water partition coefficient (Wildman–Crippen LogP) is 2.85. The summed E-state index contributed by atoms with van der Waals surface area (Å²) < 4.78 is 5.80. The van der Waals surface area contributed by atoms with E-state index >= 15 is 0 Å². The number of para-hydroxylation sites is 1. The lowest BCUT2D eigenvalue weighted by Gasteiger charge is -2.53. The standard InChI is InChI=1S/C18H27NO2/c1-13-7-8-18(20,11-14(13)2)17(12-19)9-10-21-16-6-4-3-5-15(16)17/h3-6,13-14,20H,7-12,19H2,1-2H3. The second-order valence-corrected chi connectivity index (χ2v) is 7.11. The van der Waals surface area contributed by atoms with E-state index in [0.717, 1.165) is 37.0 Å². The van der Waals surface area contributed by atoms with E-state index in [1.54, 1.807) is 0 Å². The average Bonchev–Trinajstić information content (AvgIpc) is 2.50. The molecule has 3 rings (SSSR count). The zero-order chi connectivity index (χ0) is 15.1. The fourth-order valence-electron chi connectivity index (χ4n) is 4.36.